The molecule has 60 heavy (non-hydrogen) atoms. The highest BCUT2D eigenvalue weighted by Crippen LogP contribution is 2.47. The van der Waals surface area contributed by atoms with E-state index in [0.29, 0.717) is 33.7 Å². The molecular weight excluding hydrogens is 758 g/mol. The number of halogens is 3. The molecule has 0 unspecified atom stereocenters. The van der Waals surface area contributed by atoms with Gasteiger partial charge in [-0.2, -0.15) is 23.7 Å². The van der Waals surface area contributed by atoms with Crippen molar-refractivity contribution in [3.05, 3.63) is 168 Å². The summed E-state index contributed by atoms with van der Waals surface area (Å²) in [5.41, 5.74) is 5.63. The summed E-state index contributed by atoms with van der Waals surface area (Å²) < 4.78 is 62.2. The smallest absolute Gasteiger partial charge is 0.417 e. The summed E-state index contributed by atoms with van der Waals surface area (Å²) in [7, 11) is 0. The first-order valence-electron chi connectivity index (χ1n) is 19.2. The van der Waals surface area contributed by atoms with Crippen molar-refractivity contribution in [2.75, 3.05) is 0 Å². The SMILES string of the molecule is N#Cc1ccc(-c2cc(-n3c4ccccc4c4ccc5oc6ccccc6c5c43)c(C#N)c(-n3c4ccccc4c4ccc5oc6ccccc6c5c43)c2)c(C(F)(F)F)c1. The molecule has 0 fully saturated rings. The lowest BCUT2D eigenvalue weighted by Crippen LogP contribution is -2.09. The lowest BCUT2D eigenvalue weighted by molar-refractivity contribution is -0.137. The Balaban J connectivity index is 1.32. The van der Waals surface area contributed by atoms with E-state index in [1.54, 1.807) is 12.1 Å². The number of aromatic nitrogens is 2. The average molecular weight is 783 g/mol. The van der Waals surface area contributed by atoms with Crippen LogP contribution in [0.5, 0.6) is 0 Å². The van der Waals surface area contributed by atoms with Gasteiger partial charge in [0.25, 0.3) is 0 Å². The number of alkyl halides is 3. The Morgan fingerprint density at radius 1 is 0.467 bits per heavy atom. The van der Waals surface area contributed by atoms with Crippen LogP contribution in [0.4, 0.5) is 13.2 Å². The number of furan rings is 2. The van der Waals surface area contributed by atoms with Gasteiger partial charge in [0.1, 0.15) is 34.0 Å². The number of fused-ring (bicyclic) bond motifs is 14. The first-order chi connectivity index (χ1) is 29.3. The van der Waals surface area contributed by atoms with Crippen molar-refractivity contribution >= 4 is 87.5 Å². The molecule has 0 saturated carbocycles. The second-order valence-electron chi connectivity index (χ2n) is 14.9. The zero-order chi connectivity index (χ0) is 40.4. The van der Waals surface area contributed by atoms with Crippen molar-refractivity contribution in [3.63, 3.8) is 0 Å². The first kappa shape index (κ1) is 33.8. The summed E-state index contributed by atoms with van der Waals surface area (Å²) >= 11 is 0. The Bertz CT molecular complexity index is 3710. The minimum atomic E-state index is -4.81. The molecule has 0 spiro atoms. The van der Waals surface area contributed by atoms with Gasteiger partial charge >= 0.3 is 6.18 Å². The van der Waals surface area contributed by atoms with Crippen molar-refractivity contribution in [2.24, 2.45) is 0 Å². The number of nitriles is 2. The quantitative estimate of drug-likeness (QED) is 0.179. The van der Waals surface area contributed by atoms with Gasteiger partial charge in [-0.3, -0.25) is 0 Å². The van der Waals surface area contributed by atoms with Crippen LogP contribution in [0.15, 0.2) is 160 Å². The van der Waals surface area contributed by atoms with Crippen LogP contribution >= 0.6 is 0 Å². The molecule has 0 aliphatic rings. The molecule has 12 aromatic rings. The minimum Gasteiger partial charge on any atom is -0.456 e. The maximum Gasteiger partial charge on any atom is 0.417 e. The van der Waals surface area contributed by atoms with Gasteiger partial charge in [-0.1, -0.05) is 78.9 Å². The summed E-state index contributed by atoms with van der Waals surface area (Å²) in [6.45, 7) is 0. The van der Waals surface area contributed by atoms with Gasteiger partial charge in [0, 0.05) is 32.3 Å². The van der Waals surface area contributed by atoms with Crippen LogP contribution in [0.25, 0.3) is 110 Å². The lowest BCUT2D eigenvalue weighted by Gasteiger charge is -2.20. The van der Waals surface area contributed by atoms with Crippen molar-refractivity contribution in [3.8, 4) is 34.6 Å². The van der Waals surface area contributed by atoms with Crippen LogP contribution in [0, 0.1) is 22.7 Å². The highest BCUT2D eigenvalue weighted by molar-refractivity contribution is 6.26. The summed E-state index contributed by atoms with van der Waals surface area (Å²) in [4.78, 5) is 0. The Hall–Kier alpha value is -8.27. The highest BCUT2D eigenvalue weighted by Gasteiger charge is 2.35. The van der Waals surface area contributed by atoms with E-state index in [2.05, 4.69) is 6.07 Å². The summed E-state index contributed by atoms with van der Waals surface area (Å²) in [5, 5.41) is 28.2. The number of para-hydroxylation sites is 4. The molecule has 12 rings (SSSR count). The third-order valence-corrected chi connectivity index (χ3v) is 11.8. The zero-order valence-electron chi connectivity index (χ0n) is 31.2. The molecule has 0 N–H and O–H groups in total. The Labute approximate surface area is 337 Å². The topological polar surface area (TPSA) is 83.7 Å². The number of rotatable bonds is 3. The van der Waals surface area contributed by atoms with Gasteiger partial charge in [0.15, 0.2) is 0 Å². The molecule has 0 radical (unpaired) electrons. The molecule has 6 nitrogen and oxygen atoms in total. The fourth-order valence-corrected chi connectivity index (χ4v) is 9.37. The zero-order valence-corrected chi connectivity index (χ0v) is 31.2. The molecule has 4 aromatic heterocycles. The van der Waals surface area contributed by atoms with E-state index < -0.39 is 11.7 Å². The molecule has 0 atom stereocenters. The van der Waals surface area contributed by atoms with E-state index >= 15 is 13.2 Å². The predicted octanol–water partition coefficient (Wildman–Crippen LogP) is 14.1. The number of nitrogens with zero attached hydrogens (tertiary/aromatic N) is 4. The number of hydrogen-bond acceptors (Lipinski definition) is 4. The third-order valence-electron chi connectivity index (χ3n) is 11.8. The van der Waals surface area contributed by atoms with Crippen molar-refractivity contribution < 1.29 is 22.0 Å². The molecule has 0 bridgehead atoms. The molecule has 0 saturated heterocycles. The van der Waals surface area contributed by atoms with Crippen LogP contribution in [0.1, 0.15) is 16.7 Å². The standard InChI is InChI=1S/C51H25F3N4O2/c52-51(53,54)38-23-28(26-55)17-18-30(38)29-24-41(57-39-13-5-1-9-31(39)33-19-21-45-47(49(33)57)35-11-3-7-15-43(35)59-45)37(27-56)42(25-29)58-40-14-6-2-10-32(40)34-20-22-46-48(50(34)58)36-12-4-8-16-44(36)60-46/h1-25H. The monoisotopic (exact) mass is 782 g/mol. The fourth-order valence-electron chi connectivity index (χ4n) is 9.37. The van der Waals surface area contributed by atoms with Crippen LogP contribution < -0.4 is 0 Å². The molecule has 9 heteroatoms. The maximum atomic E-state index is 15.2. The molecule has 282 valence electrons. The molecule has 4 heterocycles. The van der Waals surface area contributed by atoms with Gasteiger partial charge in [0.2, 0.25) is 0 Å². The fraction of sp³-hybridized carbons (Fsp3) is 0.0196. The van der Waals surface area contributed by atoms with Crippen LogP contribution in [0.2, 0.25) is 0 Å². The number of hydrogen-bond donors (Lipinski definition) is 0. The second kappa shape index (κ2) is 12.1. The summed E-state index contributed by atoms with van der Waals surface area (Å²) in [6.07, 6.45) is -4.81. The summed E-state index contributed by atoms with van der Waals surface area (Å²) in [6, 6.07) is 50.4. The van der Waals surface area contributed by atoms with Gasteiger partial charge in [0.05, 0.1) is 61.4 Å². The van der Waals surface area contributed by atoms with Gasteiger partial charge in [-0.05, 0) is 83.9 Å². The van der Waals surface area contributed by atoms with Crippen LogP contribution in [-0.4, -0.2) is 9.13 Å². The van der Waals surface area contributed by atoms with Crippen molar-refractivity contribution in [1.82, 2.24) is 9.13 Å². The van der Waals surface area contributed by atoms with E-state index in [1.807, 2.05) is 137 Å². The van der Waals surface area contributed by atoms with Crippen molar-refractivity contribution in [1.29, 1.82) is 10.5 Å². The summed E-state index contributed by atoms with van der Waals surface area (Å²) in [5.74, 6) is 0. The third kappa shape index (κ3) is 4.57. The number of benzene rings is 8. The van der Waals surface area contributed by atoms with E-state index in [4.69, 9.17) is 8.83 Å². The Morgan fingerprint density at radius 3 is 1.43 bits per heavy atom. The minimum absolute atomic E-state index is 0.117. The lowest BCUT2D eigenvalue weighted by atomic mass is 9.94. The van der Waals surface area contributed by atoms with Crippen molar-refractivity contribution in [2.45, 2.75) is 6.18 Å². The molecule has 0 amide bonds. The largest absolute Gasteiger partial charge is 0.456 e. The second-order valence-corrected chi connectivity index (χ2v) is 14.9. The Morgan fingerprint density at radius 2 is 0.950 bits per heavy atom. The average Bonchev–Trinajstić information content (AvgIpc) is 4.02. The Kier molecular flexibility index (Phi) is 6.84. The molecular formula is C51H25F3N4O2. The molecule has 8 aromatic carbocycles. The first-order valence-corrected chi connectivity index (χ1v) is 19.2. The van der Waals surface area contributed by atoms with Gasteiger partial charge in [-0.25, -0.2) is 0 Å². The normalized spacial score (nSPS) is 12.2. The molecule has 0 aliphatic heterocycles. The van der Waals surface area contributed by atoms with E-state index in [-0.39, 0.29) is 22.3 Å². The highest BCUT2D eigenvalue weighted by atomic mass is 19.4. The predicted molar refractivity (Wildman–Crippen MR) is 230 cm³/mol. The van der Waals surface area contributed by atoms with Gasteiger partial charge < -0.3 is 18.0 Å². The molecule has 0 aliphatic carbocycles. The van der Waals surface area contributed by atoms with E-state index in [9.17, 15) is 10.5 Å². The van der Waals surface area contributed by atoms with Gasteiger partial charge in [-0.15, -0.1) is 0 Å². The van der Waals surface area contributed by atoms with Crippen LogP contribution in [-0.2, 0) is 6.18 Å². The van der Waals surface area contributed by atoms with E-state index in [0.717, 1.165) is 71.2 Å². The maximum absolute atomic E-state index is 15.2. The van der Waals surface area contributed by atoms with E-state index in [1.165, 1.54) is 12.1 Å². The van der Waals surface area contributed by atoms with Crippen LogP contribution in [0.3, 0.4) is 0 Å².